The van der Waals surface area contributed by atoms with Crippen molar-refractivity contribution in [2.75, 3.05) is 39.3 Å². The summed E-state index contributed by atoms with van der Waals surface area (Å²) >= 11 is 3.46. The number of methoxy groups -OCH3 is 1. The number of hydrogen-bond acceptors (Lipinski definition) is 8. The molecule has 0 saturated heterocycles. The quantitative estimate of drug-likeness (QED) is 0.196. The molecule has 0 saturated carbocycles. The molecule has 1 unspecified atom stereocenters. The van der Waals surface area contributed by atoms with Crippen LogP contribution in [0, 0.1) is 3.57 Å². The van der Waals surface area contributed by atoms with Gasteiger partial charge in [-0.2, -0.15) is 0 Å². The predicted molar refractivity (Wildman–Crippen MR) is 163 cm³/mol. The Kier molecular flexibility index (Phi) is 8.96. The molecule has 0 N–H and O–H groups in total. The lowest BCUT2D eigenvalue weighted by molar-refractivity contribution is -0.139. The molecule has 0 radical (unpaired) electrons. The van der Waals surface area contributed by atoms with Crippen LogP contribution in [0.4, 0.5) is 5.69 Å². The highest BCUT2D eigenvalue weighted by Gasteiger charge is 2.33. The molecule has 1 aliphatic heterocycles. The number of carbonyl (C=O) groups excluding carboxylic acids is 1. The van der Waals surface area contributed by atoms with Crippen molar-refractivity contribution in [3.8, 4) is 11.5 Å². The maximum atomic E-state index is 13.9. The SMILES string of the molecule is C=CCOc1c(I)cc(/C=c2\sc3n(c2=O)C(c2ccc(N(C)C)cc2)C(C(=O)OCC)=C(C)N=3)cc1OC. The first-order valence-electron chi connectivity index (χ1n) is 12.3. The average Bonchev–Trinajstić information content (AvgIpc) is 3.21. The van der Waals surface area contributed by atoms with E-state index in [1.165, 1.54) is 11.3 Å². The fourth-order valence-electron chi connectivity index (χ4n) is 4.32. The number of nitrogens with zero attached hydrogens (tertiary/aromatic N) is 3. The van der Waals surface area contributed by atoms with E-state index >= 15 is 0 Å². The minimum atomic E-state index is -0.664. The van der Waals surface area contributed by atoms with E-state index in [1.54, 1.807) is 37.7 Å². The van der Waals surface area contributed by atoms with Crippen molar-refractivity contribution >= 4 is 51.7 Å². The van der Waals surface area contributed by atoms with Gasteiger partial charge in [0.25, 0.3) is 5.56 Å². The van der Waals surface area contributed by atoms with E-state index in [0.29, 0.717) is 38.7 Å². The summed E-state index contributed by atoms with van der Waals surface area (Å²) in [6.07, 6.45) is 3.47. The van der Waals surface area contributed by atoms with Crippen LogP contribution in [-0.2, 0) is 9.53 Å². The lowest BCUT2D eigenvalue weighted by Crippen LogP contribution is -2.39. The second kappa shape index (κ2) is 12.2. The molecule has 8 nitrogen and oxygen atoms in total. The average molecular weight is 660 g/mol. The number of rotatable bonds is 9. The van der Waals surface area contributed by atoms with Gasteiger partial charge in [-0.3, -0.25) is 9.36 Å². The minimum Gasteiger partial charge on any atom is -0.493 e. The number of thiazole rings is 1. The van der Waals surface area contributed by atoms with Crippen LogP contribution in [0.2, 0.25) is 0 Å². The molecule has 1 aliphatic rings. The molecular formula is C29H30IN3O5S. The zero-order valence-electron chi connectivity index (χ0n) is 22.5. The Morgan fingerprint density at radius 2 is 1.97 bits per heavy atom. The zero-order chi connectivity index (χ0) is 28.3. The highest BCUT2D eigenvalue weighted by Crippen LogP contribution is 2.34. The largest absolute Gasteiger partial charge is 0.493 e. The van der Waals surface area contributed by atoms with Gasteiger partial charge in [0.2, 0.25) is 0 Å². The topological polar surface area (TPSA) is 82.4 Å². The second-order valence-corrected chi connectivity index (χ2v) is 11.1. The van der Waals surface area contributed by atoms with Gasteiger partial charge in [0.1, 0.15) is 6.61 Å². The smallest absolute Gasteiger partial charge is 0.338 e. The summed E-state index contributed by atoms with van der Waals surface area (Å²) < 4.78 is 19.6. The first-order valence-corrected chi connectivity index (χ1v) is 14.2. The van der Waals surface area contributed by atoms with Crippen molar-refractivity contribution in [2.24, 2.45) is 4.99 Å². The third kappa shape index (κ3) is 5.81. The van der Waals surface area contributed by atoms with Crippen LogP contribution in [-0.4, -0.2) is 45.0 Å². The summed E-state index contributed by atoms with van der Waals surface area (Å²) in [6.45, 7) is 7.80. The first-order chi connectivity index (χ1) is 18.7. The molecule has 2 heterocycles. The summed E-state index contributed by atoms with van der Waals surface area (Å²) in [5.74, 6) is 0.693. The van der Waals surface area contributed by atoms with Crippen LogP contribution in [0.3, 0.4) is 0 Å². The van der Waals surface area contributed by atoms with E-state index in [-0.39, 0.29) is 12.2 Å². The van der Waals surface area contributed by atoms with Crippen molar-refractivity contribution in [1.82, 2.24) is 4.57 Å². The molecule has 1 aromatic heterocycles. The van der Waals surface area contributed by atoms with Gasteiger partial charge in [0.15, 0.2) is 16.3 Å². The maximum absolute atomic E-state index is 13.9. The molecule has 0 bridgehead atoms. The number of ether oxygens (including phenoxy) is 3. The predicted octanol–water partition coefficient (Wildman–Crippen LogP) is 4.04. The summed E-state index contributed by atoms with van der Waals surface area (Å²) in [5, 5.41) is 0. The molecule has 2 aromatic carbocycles. The van der Waals surface area contributed by atoms with E-state index in [4.69, 9.17) is 14.2 Å². The van der Waals surface area contributed by atoms with Gasteiger partial charge in [0.05, 0.1) is 39.1 Å². The van der Waals surface area contributed by atoms with E-state index in [0.717, 1.165) is 20.4 Å². The lowest BCUT2D eigenvalue weighted by Gasteiger charge is -2.25. The van der Waals surface area contributed by atoms with Gasteiger partial charge in [0, 0.05) is 19.8 Å². The van der Waals surface area contributed by atoms with E-state index < -0.39 is 12.0 Å². The fourth-order valence-corrected chi connectivity index (χ4v) is 6.15. The third-order valence-electron chi connectivity index (χ3n) is 6.14. The van der Waals surface area contributed by atoms with Crippen molar-refractivity contribution in [3.05, 3.63) is 94.7 Å². The molecule has 0 spiro atoms. The van der Waals surface area contributed by atoms with Gasteiger partial charge in [-0.05, 0) is 77.9 Å². The molecule has 3 aromatic rings. The Balaban J connectivity index is 1.89. The highest BCUT2D eigenvalue weighted by molar-refractivity contribution is 14.1. The number of halogens is 1. The molecule has 0 fully saturated rings. The number of aromatic nitrogens is 1. The summed E-state index contributed by atoms with van der Waals surface area (Å²) in [5.41, 5.74) is 3.23. The molecule has 4 rings (SSSR count). The Morgan fingerprint density at radius 3 is 2.59 bits per heavy atom. The minimum absolute atomic E-state index is 0.222. The fraction of sp³-hybridized carbons (Fsp3) is 0.276. The van der Waals surface area contributed by atoms with E-state index in [9.17, 15) is 9.59 Å². The highest BCUT2D eigenvalue weighted by atomic mass is 127. The van der Waals surface area contributed by atoms with Gasteiger partial charge < -0.3 is 19.1 Å². The van der Waals surface area contributed by atoms with E-state index in [1.807, 2.05) is 55.4 Å². The first kappa shape index (κ1) is 28.6. The van der Waals surface area contributed by atoms with Gasteiger partial charge in [-0.15, -0.1) is 0 Å². The Hall–Kier alpha value is -3.38. The normalized spacial score (nSPS) is 14.9. The number of hydrogen-bond donors (Lipinski definition) is 0. The van der Waals surface area contributed by atoms with Crippen molar-refractivity contribution in [1.29, 1.82) is 0 Å². The Morgan fingerprint density at radius 1 is 1.26 bits per heavy atom. The molecule has 39 heavy (non-hydrogen) atoms. The van der Waals surface area contributed by atoms with Crippen LogP contribution < -0.4 is 29.3 Å². The number of carbonyl (C=O) groups is 1. The van der Waals surface area contributed by atoms with Crippen molar-refractivity contribution in [3.63, 3.8) is 0 Å². The third-order valence-corrected chi connectivity index (χ3v) is 7.92. The number of fused-ring (bicyclic) bond motifs is 1. The number of allylic oxidation sites excluding steroid dienone is 1. The van der Waals surface area contributed by atoms with Gasteiger partial charge in [-0.1, -0.05) is 36.1 Å². The summed E-state index contributed by atoms with van der Waals surface area (Å²) in [6, 6.07) is 10.9. The maximum Gasteiger partial charge on any atom is 0.338 e. The number of anilines is 1. The van der Waals surface area contributed by atoms with Gasteiger partial charge in [-0.25, -0.2) is 9.79 Å². The van der Waals surface area contributed by atoms with Crippen LogP contribution in [0.1, 0.15) is 31.0 Å². The summed E-state index contributed by atoms with van der Waals surface area (Å²) in [7, 11) is 5.49. The molecule has 10 heteroatoms. The van der Waals surface area contributed by atoms with Crippen molar-refractivity contribution < 1.29 is 19.0 Å². The molecule has 204 valence electrons. The second-order valence-electron chi connectivity index (χ2n) is 8.92. The molecule has 1 atom stereocenters. The molecule has 0 amide bonds. The Labute approximate surface area is 244 Å². The monoisotopic (exact) mass is 659 g/mol. The molecule has 0 aliphatic carbocycles. The number of benzene rings is 2. The summed E-state index contributed by atoms with van der Waals surface area (Å²) in [4.78, 5) is 34.2. The zero-order valence-corrected chi connectivity index (χ0v) is 25.5. The van der Waals surface area contributed by atoms with Gasteiger partial charge >= 0.3 is 5.97 Å². The van der Waals surface area contributed by atoms with Crippen LogP contribution in [0.15, 0.2) is 70.1 Å². The Bertz CT molecular complexity index is 1620. The van der Waals surface area contributed by atoms with Crippen LogP contribution >= 0.6 is 33.9 Å². The van der Waals surface area contributed by atoms with Crippen molar-refractivity contribution in [2.45, 2.75) is 19.9 Å². The lowest BCUT2D eigenvalue weighted by atomic mass is 9.95. The van der Waals surface area contributed by atoms with E-state index in [2.05, 4.69) is 34.2 Å². The van der Waals surface area contributed by atoms with Crippen LogP contribution in [0.25, 0.3) is 6.08 Å². The number of esters is 1. The van der Waals surface area contributed by atoms with Crippen LogP contribution in [0.5, 0.6) is 11.5 Å². The molecular weight excluding hydrogens is 629 g/mol. The standard InChI is InChI=1S/C29H30IN3O5S/c1-7-13-38-26-21(30)14-18(15-22(26)36-6)16-23-27(34)33-25(19-9-11-20(12-10-19)32(4)5)24(28(35)37-8-2)17(3)31-29(33)39-23/h7,9-12,14-16,25H,1,8,13H2,2-6H3/b23-16-.